The van der Waals surface area contributed by atoms with Gasteiger partial charge in [-0.05, 0) is 53.1 Å². The minimum absolute atomic E-state index is 0.0991. The van der Waals surface area contributed by atoms with Gasteiger partial charge >= 0.3 is 0 Å². The van der Waals surface area contributed by atoms with Gasteiger partial charge in [0.25, 0.3) is 0 Å². The maximum atomic E-state index is 9.83. The molecule has 6 heteroatoms. The number of fused-ring (bicyclic) bond motifs is 1. The van der Waals surface area contributed by atoms with E-state index in [-0.39, 0.29) is 6.10 Å². The third-order valence-electron chi connectivity index (χ3n) is 7.09. The van der Waals surface area contributed by atoms with Gasteiger partial charge in [0.15, 0.2) is 0 Å². The number of nitrogens with zero attached hydrogens (tertiary/aromatic N) is 2. The van der Waals surface area contributed by atoms with E-state index in [1.807, 2.05) is 18.2 Å². The molecule has 0 bridgehead atoms. The molecule has 0 unspecified atom stereocenters. The topological polar surface area (TPSA) is 70.5 Å². The second kappa shape index (κ2) is 10.1. The summed E-state index contributed by atoms with van der Waals surface area (Å²) in [6.45, 7) is 4.83. The highest BCUT2D eigenvalue weighted by Gasteiger charge is 2.18. The van der Waals surface area contributed by atoms with E-state index in [0.29, 0.717) is 24.5 Å². The lowest BCUT2D eigenvalue weighted by molar-refractivity contribution is 0.0254. The molecule has 6 rings (SSSR count). The third kappa shape index (κ3) is 4.56. The van der Waals surface area contributed by atoms with E-state index in [0.717, 1.165) is 72.4 Å². The maximum absolute atomic E-state index is 9.83. The van der Waals surface area contributed by atoms with Gasteiger partial charge in [0, 0.05) is 48.2 Å². The number of benzene rings is 3. The molecule has 0 aliphatic carbocycles. The Morgan fingerprint density at radius 2 is 1.61 bits per heavy atom. The Labute approximate surface area is 211 Å². The Balaban J connectivity index is 1.29. The van der Waals surface area contributed by atoms with Crippen molar-refractivity contribution in [3.8, 4) is 34.2 Å². The van der Waals surface area contributed by atoms with Crippen molar-refractivity contribution < 1.29 is 14.2 Å². The van der Waals surface area contributed by atoms with Crippen molar-refractivity contribution in [2.75, 3.05) is 44.4 Å². The van der Waals surface area contributed by atoms with Crippen molar-refractivity contribution in [1.82, 2.24) is 4.98 Å². The second-order valence-corrected chi connectivity index (χ2v) is 9.35. The lowest BCUT2D eigenvalue weighted by atomic mass is 9.99. The summed E-state index contributed by atoms with van der Waals surface area (Å²) < 4.78 is 17.1. The van der Waals surface area contributed by atoms with Gasteiger partial charge in [-0.1, -0.05) is 30.3 Å². The van der Waals surface area contributed by atoms with Crippen LogP contribution in [0.3, 0.4) is 0 Å². The zero-order valence-electron chi connectivity index (χ0n) is 20.2. The predicted molar refractivity (Wildman–Crippen MR) is 141 cm³/mol. The molecule has 0 atom stereocenters. The fourth-order valence-electron chi connectivity index (χ4n) is 5.10. The van der Waals surface area contributed by atoms with E-state index in [1.54, 1.807) is 0 Å². The molecule has 2 saturated heterocycles. The molecule has 6 nitrogen and oxygen atoms in total. The van der Waals surface area contributed by atoms with Gasteiger partial charge in [-0.3, -0.25) is 0 Å². The second-order valence-electron chi connectivity index (χ2n) is 9.35. The zero-order chi connectivity index (χ0) is 24.3. The van der Waals surface area contributed by atoms with Crippen LogP contribution in [-0.2, 0) is 9.47 Å². The normalized spacial score (nSPS) is 16.7. The Morgan fingerprint density at radius 3 is 2.39 bits per heavy atom. The quantitative estimate of drug-likeness (QED) is 0.394. The highest BCUT2D eigenvalue weighted by atomic mass is 16.5. The van der Waals surface area contributed by atoms with Crippen molar-refractivity contribution in [2.24, 2.45) is 0 Å². The average Bonchev–Trinajstić information content (AvgIpc) is 3.39. The largest absolute Gasteiger partial charge is 0.489 e. The molecule has 0 saturated carbocycles. The Kier molecular flexibility index (Phi) is 6.33. The van der Waals surface area contributed by atoms with Gasteiger partial charge in [-0.25, -0.2) is 0 Å². The first kappa shape index (κ1) is 22.7. The van der Waals surface area contributed by atoms with Crippen LogP contribution in [0.5, 0.6) is 5.75 Å². The van der Waals surface area contributed by atoms with Crippen LogP contribution in [0.25, 0.3) is 33.3 Å². The van der Waals surface area contributed by atoms with E-state index in [4.69, 9.17) is 14.2 Å². The minimum Gasteiger partial charge on any atom is -0.489 e. The first-order chi connectivity index (χ1) is 17.8. The van der Waals surface area contributed by atoms with Crippen LogP contribution >= 0.6 is 0 Å². The standard InChI is InChI=1S/C30H29N3O3/c31-20-23-18-22(6-9-30(23)36-25-10-14-34-15-11-25)26-2-1-3-28-27(26)19-29(32-28)21-4-7-24(8-5-21)33-12-16-35-17-13-33/h1-9,18-19,25,32H,10-17H2. The molecule has 1 N–H and O–H groups in total. The molecule has 4 aromatic rings. The number of rotatable bonds is 5. The lowest BCUT2D eigenvalue weighted by Crippen LogP contribution is -2.36. The van der Waals surface area contributed by atoms with Crippen molar-refractivity contribution in [2.45, 2.75) is 18.9 Å². The molecular weight excluding hydrogens is 450 g/mol. The van der Waals surface area contributed by atoms with Gasteiger partial charge in [0.05, 0.1) is 32.0 Å². The van der Waals surface area contributed by atoms with Gasteiger partial charge in [0.1, 0.15) is 17.9 Å². The number of nitrogens with one attached hydrogen (secondary N) is 1. The van der Waals surface area contributed by atoms with Crippen molar-refractivity contribution in [3.63, 3.8) is 0 Å². The fraction of sp³-hybridized carbons (Fsp3) is 0.300. The van der Waals surface area contributed by atoms with E-state index < -0.39 is 0 Å². The Bertz CT molecular complexity index is 1390. The van der Waals surface area contributed by atoms with Crippen LogP contribution in [0, 0.1) is 11.3 Å². The van der Waals surface area contributed by atoms with Crippen LogP contribution in [-0.4, -0.2) is 50.6 Å². The van der Waals surface area contributed by atoms with E-state index >= 15 is 0 Å². The van der Waals surface area contributed by atoms with Crippen LogP contribution in [0.4, 0.5) is 5.69 Å². The number of hydrogen-bond donors (Lipinski definition) is 1. The number of aromatic amines is 1. The third-order valence-corrected chi connectivity index (χ3v) is 7.09. The summed E-state index contributed by atoms with van der Waals surface area (Å²) >= 11 is 0. The summed E-state index contributed by atoms with van der Waals surface area (Å²) in [4.78, 5) is 5.94. The molecule has 3 aromatic carbocycles. The number of morpholine rings is 1. The van der Waals surface area contributed by atoms with Gasteiger partial charge in [-0.15, -0.1) is 0 Å². The van der Waals surface area contributed by atoms with E-state index in [2.05, 4.69) is 64.5 Å². The number of ether oxygens (including phenoxy) is 3. The number of aromatic nitrogens is 1. The molecule has 2 aliphatic rings. The zero-order valence-corrected chi connectivity index (χ0v) is 20.2. The Hall–Kier alpha value is -3.79. The fourth-order valence-corrected chi connectivity index (χ4v) is 5.10. The van der Waals surface area contributed by atoms with Crippen LogP contribution in [0.2, 0.25) is 0 Å². The summed E-state index contributed by atoms with van der Waals surface area (Å²) in [6.07, 6.45) is 1.80. The number of anilines is 1. The van der Waals surface area contributed by atoms with Gasteiger partial charge in [0.2, 0.25) is 0 Å². The summed E-state index contributed by atoms with van der Waals surface area (Å²) in [5.74, 6) is 0.649. The highest BCUT2D eigenvalue weighted by molar-refractivity contribution is 5.98. The molecule has 0 amide bonds. The molecule has 0 spiro atoms. The molecule has 1 aromatic heterocycles. The van der Waals surface area contributed by atoms with Crippen LogP contribution < -0.4 is 9.64 Å². The molecule has 2 aliphatic heterocycles. The summed E-state index contributed by atoms with van der Waals surface area (Å²) in [7, 11) is 0. The molecule has 3 heterocycles. The maximum Gasteiger partial charge on any atom is 0.137 e. The smallest absolute Gasteiger partial charge is 0.137 e. The van der Waals surface area contributed by atoms with Crippen LogP contribution in [0.15, 0.2) is 66.7 Å². The minimum atomic E-state index is 0.0991. The number of hydrogen-bond acceptors (Lipinski definition) is 5. The molecule has 182 valence electrons. The Morgan fingerprint density at radius 1 is 0.861 bits per heavy atom. The SMILES string of the molecule is N#Cc1cc(-c2cccc3[nH]c(-c4ccc(N5CCOCC5)cc4)cc23)ccc1OC1CCOCC1. The van der Waals surface area contributed by atoms with Gasteiger partial charge in [-0.2, -0.15) is 5.26 Å². The van der Waals surface area contributed by atoms with Crippen LogP contribution in [0.1, 0.15) is 18.4 Å². The average molecular weight is 480 g/mol. The number of nitriles is 1. The molecule has 2 fully saturated rings. The summed E-state index contributed by atoms with van der Waals surface area (Å²) in [5.41, 5.74) is 7.17. The van der Waals surface area contributed by atoms with E-state index in [9.17, 15) is 5.26 Å². The van der Waals surface area contributed by atoms with E-state index in [1.165, 1.54) is 5.69 Å². The number of H-pyrrole nitrogens is 1. The lowest BCUT2D eigenvalue weighted by Gasteiger charge is -2.28. The highest BCUT2D eigenvalue weighted by Crippen LogP contribution is 2.35. The van der Waals surface area contributed by atoms with Crippen molar-refractivity contribution in [3.05, 3.63) is 72.3 Å². The predicted octanol–water partition coefficient (Wildman–Crippen LogP) is 5.77. The molecule has 0 radical (unpaired) electrons. The van der Waals surface area contributed by atoms with Crippen molar-refractivity contribution in [1.29, 1.82) is 5.26 Å². The first-order valence-electron chi connectivity index (χ1n) is 12.6. The summed E-state index contributed by atoms with van der Waals surface area (Å²) in [6, 6.07) is 25.4. The van der Waals surface area contributed by atoms with Gasteiger partial charge < -0.3 is 24.1 Å². The monoisotopic (exact) mass is 479 g/mol. The van der Waals surface area contributed by atoms with Crippen molar-refractivity contribution >= 4 is 16.6 Å². The first-order valence-corrected chi connectivity index (χ1v) is 12.6. The molecule has 36 heavy (non-hydrogen) atoms. The molecular formula is C30H29N3O3. The summed E-state index contributed by atoms with van der Waals surface area (Å²) in [5, 5.41) is 11.0.